The van der Waals surface area contributed by atoms with Crippen molar-refractivity contribution in [2.75, 3.05) is 7.11 Å². The second-order valence-electron chi connectivity index (χ2n) is 2.99. The number of hydrogen-bond acceptors (Lipinski definition) is 3. The van der Waals surface area contributed by atoms with Crippen molar-refractivity contribution in [3.63, 3.8) is 0 Å². The Balaban J connectivity index is 2.28. The van der Waals surface area contributed by atoms with Gasteiger partial charge in [-0.2, -0.15) is 0 Å². The number of methoxy groups -OCH3 is 1. The molecule has 0 aliphatic carbocycles. The Morgan fingerprint density at radius 2 is 2.07 bits per heavy atom. The van der Waals surface area contributed by atoms with Gasteiger partial charge in [0.25, 0.3) is 0 Å². The minimum Gasteiger partial charge on any atom is -0.497 e. The fraction of sp³-hybridized carbons (Fsp3) is 0.182. The van der Waals surface area contributed by atoms with E-state index < -0.39 is 0 Å². The highest BCUT2D eigenvalue weighted by atomic mass is 79.9. The van der Waals surface area contributed by atoms with Gasteiger partial charge in [0.2, 0.25) is 0 Å². The summed E-state index contributed by atoms with van der Waals surface area (Å²) >= 11 is 5.12. The Morgan fingerprint density at radius 3 is 2.60 bits per heavy atom. The lowest BCUT2D eigenvalue weighted by Crippen LogP contribution is -1.81. The molecular formula is C11H10BrNOS. The van der Waals surface area contributed by atoms with Gasteiger partial charge in [0.1, 0.15) is 10.8 Å². The third-order valence-electron chi connectivity index (χ3n) is 2.02. The van der Waals surface area contributed by atoms with E-state index in [4.69, 9.17) is 4.74 Å². The lowest BCUT2D eigenvalue weighted by atomic mass is 10.2. The molecule has 0 spiro atoms. The molecule has 0 saturated heterocycles. The summed E-state index contributed by atoms with van der Waals surface area (Å²) in [5.41, 5.74) is 1.13. The topological polar surface area (TPSA) is 22.1 Å². The molecule has 0 unspecified atom stereocenters. The van der Waals surface area contributed by atoms with E-state index in [0.717, 1.165) is 21.7 Å². The maximum Gasteiger partial charge on any atom is 0.123 e. The summed E-state index contributed by atoms with van der Waals surface area (Å²) in [6.07, 6.45) is 1.90. The molecule has 0 bridgehead atoms. The molecule has 2 rings (SSSR count). The number of hydrogen-bond donors (Lipinski definition) is 0. The minimum atomic E-state index is 0.862. The lowest BCUT2D eigenvalue weighted by molar-refractivity contribution is 0.415. The van der Waals surface area contributed by atoms with Crippen LogP contribution in [-0.4, -0.2) is 12.1 Å². The average molecular weight is 284 g/mol. The SMILES string of the molecule is COc1ccc(-c2ncc(CBr)s2)cc1. The van der Waals surface area contributed by atoms with Gasteiger partial charge in [-0.15, -0.1) is 11.3 Å². The summed E-state index contributed by atoms with van der Waals surface area (Å²) in [6.45, 7) is 0. The fourth-order valence-electron chi connectivity index (χ4n) is 1.24. The Labute approximate surface area is 101 Å². The first-order chi connectivity index (χ1) is 7.33. The third kappa shape index (κ3) is 2.38. The van der Waals surface area contributed by atoms with Crippen LogP contribution in [0.5, 0.6) is 5.75 Å². The molecule has 0 aliphatic rings. The zero-order chi connectivity index (χ0) is 10.7. The molecule has 78 valence electrons. The zero-order valence-corrected chi connectivity index (χ0v) is 10.6. The van der Waals surface area contributed by atoms with Crippen molar-refractivity contribution in [3.05, 3.63) is 35.3 Å². The lowest BCUT2D eigenvalue weighted by Gasteiger charge is -1.99. The molecular weight excluding hydrogens is 274 g/mol. The van der Waals surface area contributed by atoms with Crippen molar-refractivity contribution in [2.45, 2.75) is 5.33 Å². The first-order valence-corrected chi connectivity index (χ1v) is 6.42. The molecule has 1 heterocycles. The van der Waals surface area contributed by atoms with Crippen molar-refractivity contribution in [2.24, 2.45) is 0 Å². The van der Waals surface area contributed by atoms with Crippen molar-refractivity contribution in [1.29, 1.82) is 0 Å². The first kappa shape index (κ1) is 10.6. The Kier molecular flexibility index (Phi) is 3.38. The van der Waals surface area contributed by atoms with Crippen LogP contribution in [0.25, 0.3) is 10.6 Å². The molecule has 4 heteroatoms. The van der Waals surface area contributed by atoms with Gasteiger partial charge >= 0.3 is 0 Å². The largest absolute Gasteiger partial charge is 0.497 e. The molecule has 0 amide bonds. The number of alkyl halides is 1. The molecule has 1 aromatic heterocycles. The number of nitrogens with zero attached hydrogens (tertiary/aromatic N) is 1. The number of benzene rings is 1. The van der Waals surface area contributed by atoms with Crippen LogP contribution in [0.4, 0.5) is 0 Å². The monoisotopic (exact) mass is 283 g/mol. The Morgan fingerprint density at radius 1 is 1.33 bits per heavy atom. The Hall–Kier alpha value is -0.870. The summed E-state index contributed by atoms with van der Waals surface area (Å²) < 4.78 is 5.11. The van der Waals surface area contributed by atoms with Crippen molar-refractivity contribution in [3.8, 4) is 16.3 Å². The van der Waals surface area contributed by atoms with Crippen LogP contribution < -0.4 is 4.74 Å². The second kappa shape index (κ2) is 4.77. The minimum absolute atomic E-state index is 0.862. The van der Waals surface area contributed by atoms with E-state index in [1.54, 1.807) is 18.4 Å². The molecule has 1 aromatic carbocycles. The standard InChI is InChI=1S/C11H10BrNOS/c1-14-9-4-2-8(3-5-9)11-13-7-10(6-12)15-11/h2-5,7H,6H2,1H3. The van der Waals surface area contributed by atoms with Gasteiger partial charge in [-0.05, 0) is 24.3 Å². The van der Waals surface area contributed by atoms with Crippen LogP contribution in [0, 0.1) is 0 Å². The van der Waals surface area contributed by atoms with E-state index in [9.17, 15) is 0 Å². The summed E-state index contributed by atoms with van der Waals surface area (Å²) in [7, 11) is 1.67. The molecule has 2 aromatic rings. The van der Waals surface area contributed by atoms with Crippen LogP contribution in [0.1, 0.15) is 4.88 Å². The van der Waals surface area contributed by atoms with Crippen LogP contribution in [0.3, 0.4) is 0 Å². The van der Waals surface area contributed by atoms with Crippen molar-refractivity contribution >= 4 is 27.3 Å². The number of ether oxygens (including phenoxy) is 1. The maximum atomic E-state index is 5.11. The number of rotatable bonds is 3. The average Bonchev–Trinajstić information content (AvgIpc) is 2.78. The fourth-order valence-corrected chi connectivity index (χ4v) is 2.49. The van der Waals surface area contributed by atoms with Crippen LogP contribution in [-0.2, 0) is 5.33 Å². The van der Waals surface area contributed by atoms with Gasteiger partial charge in [0.15, 0.2) is 0 Å². The van der Waals surface area contributed by atoms with E-state index in [-0.39, 0.29) is 0 Å². The highest BCUT2D eigenvalue weighted by Crippen LogP contribution is 2.27. The van der Waals surface area contributed by atoms with Crippen LogP contribution in [0.2, 0.25) is 0 Å². The molecule has 0 fully saturated rings. The van der Waals surface area contributed by atoms with Crippen molar-refractivity contribution in [1.82, 2.24) is 4.98 Å². The molecule has 0 radical (unpaired) electrons. The molecule has 15 heavy (non-hydrogen) atoms. The zero-order valence-electron chi connectivity index (χ0n) is 8.24. The highest BCUT2D eigenvalue weighted by molar-refractivity contribution is 9.08. The highest BCUT2D eigenvalue weighted by Gasteiger charge is 2.03. The normalized spacial score (nSPS) is 10.3. The molecule has 0 atom stereocenters. The van der Waals surface area contributed by atoms with Gasteiger partial charge in [-0.25, -0.2) is 4.98 Å². The van der Waals surface area contributed by atoms with Gasteiger partial charge in [0, 0.05) is 22.0 Å². The number of aromatic nitrogens is 1. The Bertz CT molecular complexity index is 438. The van der Waals surface area contributed by atoms with E-state index in [0.29, 0.717) is 0 Å². The molecule has 0 saturated carbocycles. The predicted octanol–water partition coefficient (Wildman–Crippen LogP) is 3.71. The summed E-state index contributed by atoms with van der Waals surface area (Å²) in [5, 5.41) is 1.91. The quantitative estimate of drug-likeness (QED) is 0.801. The van der Waals surface area contributed by atoms with E-state index in [1.807, 2.05) is 30.5 Å². The summed E-state index contributed by atoms with van der Waals surface area (Å²) in [4.78, 5) is 5.60. The van der Waals surface area contributed by atoms with E-state index in [1.165, 1.54) is 4.88 Å². The molecule has 0 aliphatic heterocycles. The molecule has 2 nitrogen and oxygen atoms in total. The van der Waals surface area contributed by atoms with Crippen LogP contribution >= 0.6 is 27.3 Å². The maximum absolute atomic E-state index is 5.11. The first-order valence-electron chi connectivity index (χ1n) is 4.48. The number of thiazole rings is 1. The second-order valence-corrected chi connectivity index (χ2v) is 4.67. The summed E-state index contributed by atoms with van der Waals surface area (Å²) in [6, 6.07) is 7.94. The van der Waals surface area contributed by atoms with Crippen LogP contribution in [0.15, 0.2) is 30.5 Å². The van der Waals surface area contributed by atoms with E-state index >= 15 is 0 Å². The van der Waals surface area contributed by atoms with E-state index in [2.05, 4.69) is 20.9 Å². The van der Waals surface area contributed by atoms with Gasteiger partial charge in [-0.3, -0.25) is 0 Å². The van der Waals surface area contributed by atoms with Gasteiger partial charge in [0.05, 0.1) is 7.11 Å². The third-order valence-corrected chi connectivity index (χ3v) is 4.04. The number of halogens is 1. The van der Waals surface area contributed by atoms with Gasteiger partial charge in [-0.1, -0.05) is 15.9 Å². The van der Waals surface area contributed by atoms with Gasteiger partial charge < -0.3 is 4.74 Å². The summed E-state index contributed by atoms with van der Waals surface area (Å²) in [5.74, 6) is 0.871. The predicted molar refractivity (Wildman–Crippen MR) is 66.7 cm³/mol. The molecule has 0 N–H and O–H groups in total. The van der Waals surface area contributed by atoms with Crippen molar-refractivity contribution < 1.29 is 4.74 Å². The smallest absolute Gasteiger partial charge is 0.123 e.